The highest BCUT2D eigenvalue weighted by molar-refractivity contribution is 6.28. The largest absolute Gasteiger partial charge is 0.354 e. The zero-order chi connectivity index (χ0) is 12.2. The van der Waals surface area contributed by atoms with Crippen molar-refractivity contribution in [1.82, 2.24) is 9.97 Å². The number of fused-ring (bicyclic) bond motifs is 1. The van der Waals surface area contributed by atoms with Crippen molar-refractivity contribution in [2.24, 2.45) is 5.92 Å². The van der Waals surface area contributed by atoms with Crippen LogP contribution in [0.5, 0.6) is 0 Å². The van der Waals surface area contributed by atoms with Crippen LogP contribution in [0, 0.1) is 12.8 Å². The highest BCUT2D eigenvalue weighted by Crippen LogP contribution is 2.45. The number of aromatic nitrogens is 2. The molecule has 2 aliphatic rings. The summed E-state index contributed by atoms with van der Waals surface area (Å²) >= 11 is 5.83. The number of nitrogens with one attached hydrogen (secondary N) is 2. The van der Waals surface area contributed by atoms with Gasteiger partial charge in [-0.3, -0.25) is 4.79 Å². The van der Waals surface area contributed by atoms with E-state index in [4.69, 9.17) is 11.6 Å². The lowest BCUT2D eigenvalue weighted by Gasteiger charge is -2.35. The Bertz CT molecular complexity index is 514. The Hall–Kier alpha value is -1.36. The number of anilines is 2. The molecule has 1 saturated carbocycles. The molecule has 2 heterocycles. The van der Waals surface area contributed by atoms with Crippen LogP contribution in [0.3, 0.4) is 0 Å². The van der Waals surface area contributed by atoms with Gasteiger partial charge >= 0.3 is 0 Å². The molecule has 1 atom stereocenters. The first-order valence-corrected chi connectivity index (χ1v) is 6.02. The van der Waals surface area contributed by atoms with E-state index in [1.165, 1.54) is 0 Å². The van der Waals surface area contributed by atoms with Gasteiger partial charge in [0, 0.05) is 0 Å². The van der Waals surface area contributed by atoms with Gasteiger partial charge in [0.25, 0.3) is 0 Å². The minimum Gasteiger partial charge on any atom is -0.354 e. The lowest BCUT2D eigenvalue weighted by atomic mass is 9.92. The first-order valence-electron chi connectivity index (χ1n) is 5.64. The van der Waals surface area contributed by atoms with E-state index in [-0.39, 0.29) is 11.2 Å². The van der Waals surface area contributed by atoms with Crippen molar-refractivity contribution < 1.29 is 4.79 Å². The summed E-state index contributed by atoms with van der Waals surface area (Å²) in [5, 5.41) is 6.30. The Morgan fingerprint density at radius 1 is 1.41 bits per heavy atom. The van der Waals surface area contributed by atoms with E-state index in [1.54, 1.807) is 6.92 Å². The summed E-state index contributed by atoms with van der Waals surface area (Å²) in [6.45, 7) is 3.71. The van der Waals surface area contributed by atoms with Gasteiger partial charge in [0.1, 0.15) is 11.2 Å². The van der Waals surface area contributed by atoms with E-state index in [2.05, 4.69) is 20.6 Å². The van der Waals surface area contributed by atoms with Crippen LogP contribution < -0.4 is 10.6 Å². The molecule has 3 rings (SSSR count). The number of aryl methyl sites for hydroxylation is 1. The maximum absolute atomic E-state index is 12.1. The topological polar surface area (TPSA) is 66.9 Å². The number of rotatable bonds is 1. The normalized spacial score (nSPS) is 27.1. The number of amides is 1. The summed E-state index contributed by atoms with van der Waals surface area (Å²) in [5.74, 6) is 0.989. The van der Waals surface area contributed by atoms with Crippen LogP contribution in [0.4, 0.5) is 11.5 Å². The summed E-state index contributed by atoms with van der Waals surface area (Å²) in [6, 6.07) is 0. The van der Waals surface area contributed by atoms with Crippen LogP contribution in [0.1, 0.15) is 25.5 Å². The monoisotopic (exact) mass is 252 g/mol. The third-order valence-corrected chi connectivity index (χ3v) is 3.71. The summed E-state index contributed by atoms with van der Waals surface area (Å²) in [6.07, 6.45) is 2.15. The minimum absolute atomic E-state index is 0.0125. The number of carbonyl (C=O) groups is 1. The third kappa shape index (κ3) is 1.57. The van der Waals surface area contributed by atoms with Crippen LogP contribution in [-0.2, 0) is 4.79 Å². The van der Waals surface area contributed by atoms with Crippen molar-refractivity contribution >= 4 is 29.0 Å². The van der Waals surface area contributed by atoms with Crippen molar-refractivity contribution in [2.45, 2.75) is 32.2 Å². The quantitative estimate of drug-likeness (QED) is 0.750. The molecule has 0 spiro atoms. The highest BCUT2D eigenvalue weighted by atomic mass is 35.5. The average Bonchev–Trinajstić information content (AvgIpc) is 3.04. The lowest BCUT2D eigenvalue weighted by Crippen LogP contribution is -2.52. The Kier molecular flexibility index (Phi) is 2.10. The Balaban J connectivity index is 2.07. The van der Waals surface area contributed by atoms with Gasteiger partial charge in [0.15, 0.2) is 5.82 Å². The molecule has 6 heteroatoms. The van der Waals surface area contributed by atoms with Gasteiger partial charge < -0.3 is 10.6 Å². The highest BCUT2D eigenvalue weighted by Gasteiger charge is 2.50. The van der Waals surface area contributed by atoms with E-state index >= 15 is 0 Å². The molecule has 2 N–H and O–H groups in total. The maximum Gasteiger partial charge on any atom is 0.250 e. The van der Waals surface area contributed by atoms with Gasteiger partial charge in [0.05, 0.1) is 5.69 Å². The van der Waals surface area contributed by atoms with Crippen molar-refractivity contribution in [3.05, 3.63) is 11.0 Å². The number of halogens is 1. The zero-order valence-electron chi connectivity index (χ0n) is 9.67. The molecule has 0 bridgehead atoms. The van der Waals surface area contributed by atoms with Gasteiger partial charge in [-0.05, 0) is 44.2 Å². The van der Waals surface area contributed by atoms with Crippen molar-refractivity contribution in [1.29, 1.82) is 0 Å². The van der Waals surface area contributed by atoms with Crippen molar-refractivity contribution in [2.75, 3.05) is 10.6 Å². The van der Waals surface area contributed by atoms with E-state index in [9.17, 15) is 4.79 Å². The Morgan fingerprint density at radius 3 is 2.76 bits per heavy atom. The predicted molar refractivity (Wildman–Crippen MR) is 65.2 cm³/mol. The molecule has 5 nitrogen and oxygen atoms in total. The molecule has 0 saturated heterocycles. The molecule has 1 aromatic rings. The van der Waals surface area contributed by atoms with E-state index < -0.39 is 5.54 Å². The van der Waals surface area contributed by atoms with Gasteiger partial charge in [-0.1, -0.05) is 0 Å². The number of hydrogen-bond donors (Lipinski definition) is 2. The van der Waals surface area contributed by atoms with Crippen LogP contribution in [0.2, 0.25) is 5.28 Å². The van der Waals surface area contributed by atoms with Crippen LogP contribution in [0.25, 0.3) is 0 Å². The molecule has 1 unspecified atom stereocenters. The zero-order valence-corrected chi connectivity index (χ0v) is 10.4. The molecular formula is C11H13ClN4O. The van der Waals surface area contributed by atoms with Crippen molar-refractivity contribution in [3.8, 4) is 0 Å². The fourth-order valence-corrected chi connectivity index (χ4v) is 2.48. The Morgan fingerprint density at radius 2 is 2.12 bits per heavy atom. The summed E-state index contributed by atoms with van der Waals surface area (Å²) in [7, 11) is 0. The molecule has 90 valence electrons. The molecule has 1 aromatic heterocycles. The van der Waals surface area contributed by atoms with E-state index in [1.807, 2.05) is 6.92 Å². The van der Waals surface area contributed by atoms with Crippen LogP contribution in [-0.4, -0.2) is 21.4 Å². The van der Waals surface area contributed by atoms with Crippen LogP contribution >= 0.6 is 11.6 Å². The van der Waals surface area contributed by atoms with Crippen LogP contribution in [0.15, 0.2) is 0 Å². The lowest BCUT2D eigenvalue weighted by molar-refractivity contribution is -0.120. The van der Waals surface area contributed by atoms with E-state index in [0.717, 1.165) is 12.8 Å². The van der Waals surface area contributed by atoms with Gasteiger partial charge in [-0.2, -0.15) is 4.98 Å². The third-order valence-electron chi connectivity index (χ3n) is 3.54. The summed E-state index contributed by atoms with van der Waals surface area (Å²) in [4.78, 5) is 20.3. The molecule has 1 aliphatic heterocycles. The second kappa shape index (κ2) is 3.32. The fourth-order valence-electron chi connectivity index (χ4n) is 2.27. The molecule has 1 amide bonds. The molecular weight excluding hydrogens is 240 g/mol. The van der Waals surface area contributed by atoms with E-state index in [0.29, 0.717) is 23.1 Å². The first kappa shape index (κ1) is 10.8. The number of carbonyl (C=O) groups excluding carboxylic acids is 1. The standard InChI is InChI=1S/C11H13ClN4O/c1-5-7-8(15-10(12)13-5)16-11(2,6-3-4-6)9(17)14-7/h6H,3-4H2,1-2H3,(H,14,17)(H,13,15,16). The maximum atomic E-state index is 12.1. The first-order chi connectivity index (χ1) is 8.00. The minimum atomic E-state index is -0.572. The number of hydrogen-bond acceptors (Lipinski definition) is 4. The average molecular weight is 253 g/mol. The second-order valence-electron chi connectivity index (χ2n) is 4.86. The molecule has 0 aromatic carbocycles. The summed E-state index contributed by atoms with van der Waals surface area (Å²) in [5.41, 5.74) is 0.744. The second-order valence-corrected chi connectivity index (χ2v) is 5.20. The van der Waals surface area contributed by atoms with Crippen molar-refractivity contribution in [3.63, 3.8) is 0 Å². The fraction of sp³-hybridized carbons (Fsp3) is 0.545. The molecule has 17 heavy (non-hydrogen) atoms. The van der Waals surface area contributed by atoms with Gasteiger partial charge in [-0.15, -0.1) is 0 Å². The molecule has 0 radical (unpaired) electrons. The molecule has 1 fully saturated rings. The van der Waals surface area contributed by atoms with Gasteiger partial charge in [0.2, 0.25) is 11.2 Å². The molecule has 1 aliphatic carbocycles. The smallest absolute Gasteiger partial charge is 0.250 e. The summed E-state index contributed by atoms with van der Waals surface area (Å²) < 4.78 is 0. The SMILES string of the molecule is Cc1nc(Cl)nc2c1NC(=O)C(C)(C1CC1)N2. The number of nitrogens with zero attached hydrogens (tertiary/aromatic N) is 2. The van der Waals surface area contributed by atoms with Gasteiger partial charge in [-0.25, -0.2) is 4.98 Å². The predicted octanol–water partition coefficient (Wildman–Crippen LogP) is 1.97. The Labute approximate surface area is 104 Å².